The van der Waals surface area contributed by atoms with Gasteiger partial charge >= 0.3 is 0 Å². The van der Waals surface area contributed by atoms with E-state index < -0.39 is 6.67 Å². The maximum Gasteiger partial charge on any atom is 0.262 e. The minimum Gasteiger partial charge on any atom is -0.294 e. The molecular weight excluding hydrogens is 347 g/mol. The third-order valence-corrected chi connectivity index (χ3v) is 5.97. The first-order valence-electron chi connectivity index (χ1n) is 8.97. The van der Waals surface area contributed by atoms with E-state index >= 15 is 0 Å². The molecule has 0 unspecified atom stereocenters. The highest BCUT2D eigenvalue weighted by Crippen LogP contribution is 2.37. The molecule has 0 N–H and O–H groups in total. The Morgan fingerprint density at radius 3 is 2.38 bits per heavy atom. The second-order valence-corrected chi connectivity index (χ2v) is 8.65. The van der Waals surface area contributed by atoms with Crippen LogP contribution < -0.4 is 5.56 Å². The molecule has 3 rings (SSSR count). The van der Waals surface area contributed by atoms with E-state index in [1.54, 1.807) is 18.3 Å². The Labute approximate surface area is 157 Å². The zero-order valence-corrected chi connectivity index (χ0v) is 16.8. The molecule has 0 aliphatic carbocycles. The van der Waals surface area contributed by atoms with Crippen LogP contribution in [0.25, 0.3) is 21.3 Å². The lowest BCUT2D eigenvalue weighted by Gasteiger charge is -2.19. The first-order valence-corrected chi connectivity index (χ1v) is 9.79. The highest BCUT2D eigenvalue weighted by Gasteiger charge is 2.20. The van der Waals surface area contributed by atoms with Gasteiger partial charge in [0.2, 0.25) is 0 Å². The largest absolute Gasteiger partial charge is 0.294 e. The van der Waals surface area contributed by atoms with Gasteiger partial charge in [-0.25, -0.2) is 9.37 Å². The Bertz CT molecular complexity index is 994. The Balaban J connectivity index is 2.27. The molecule has 0 atom stereocenters. The normalized spacial score (nSPS) is 12.1. The van der Waals surface area contributed by atoms with Crippen molar-refractivity contribution in [1.82, 2.24) is 9.55 Å². The SMILES string of the molecule is CCc1sc2nc(C)n(CCF)c(=O)c2c1-c1ccc(C(C)(C)C)cc1. The van der Waals surface area contributed by atoms with Gasteiger partial charge in [0, 0.05) is 10.4 Å². The van der Waals surface area contributed by atoms with Crippen LogP contribution in [0.15, 0.2) is 29.1 Å². The molecule has 0 aliphatic rings. The number of hydrogen-bond donors (Lipinski definition) is 0. The van der Waals surface area contributed by atoms with Crippen LogP contribution in [0, 0.1) is 6.92 Å². The van der Waals surface area contributed by atoms with E-state index in [1.807, 2.05) is 0 Å². The van der Waals surface area contributed by atoms with Crippen molar-refractivity contribution in [1.29, 1.82) is 0 Å². The molecule has 0 amide bonds. The van der Waals surface area contributed by atoms with Crippen LogP contribution in [-0.4, -0.2) is 16.2 Å². The van der Waals surface area contributed by atoms with E-state index in [1.165, 1.54) is 10.1 Å². The second-order valence-electron chi connectivity index (χ2n) is 7.57. The lowest BCUT2D eigenvalue weighted by Crippen LogP contribution is -2.24. The van der Waals surface area contributed by atoms with Crippen molar-refractivity contribution >= 4 is 21.6 Å². The molecule has 0 fully saturated rings. The standard InChI is InChI=1S/C21H25FN2OS/c1-6-16-17(14-7-9-15(10-8-14)21(3,4)5)18-19(26-16)23-13(2)24(12-11-22)20(18)25/h7-10H,6,11-12H2,1-5H3. The van der Waals surface area contributed by atoms with Gasteiger partial charge in [-0.05, 0) is 29.9 Å². The molecule has 3 nitrogen and oxygen atoms in total. The summed E-state index contributed by atoms with van der Waals surface area (Å²) < 4.78 is 14.4. The highest BCUT2D eigenvalue weighted by atomic mass is 32.1. The van der Waals surface area contributed by atoms with Crippen molar-refractivity contribution in [3.05, 3.63) is 50.9 Å². The number of fused-ring (bicyclic) bond motifs is 1. The van der Waals surface area contributed by atoms with Gasteiger partial charge in [-0.15, -0.1) is 11.3 Å². The zero-order valence-electron chi connectivity index (χ0n) is 16.0. The summed E-state index contributed by atoms with van der Waals surface area (Å²) in [6.07, 6.45) is 0.832. The number of nitrogens with zero attached hydrogens (tertiary/aromatic N) is 2. The summed E-state index contributed by atoms with van der Waals surface area (Å²) in [5, 5.41) is 0.620. The topological polar surface area (TPSA) is 34.9 Å². The van der Waals surface area contributed by atoms with Gasteiger partial charge in [0.15, 0.2) is 0 Å². The van der Waals surface area contributed by atoms with E-state index in [-0.39, 0.29) is 17.5 Å². The molecule has 0 saturated carbocycles. The lowest BCUT2D eigenvalue weighted by molar-refractivity contribution is 0.435. The Morgan fingerprint density at radius 1 is 1.19 bits per heavy atom. The number of rotatable bonds is 4. The fourth-order valence-corrected chi connectivity index (χ4v) is 4.44. The number of thiophene rings is 1. The minimum absolute atomic E-state index is 0.0489. The van der Waals surface area contributed by atoms with Crippen molar-refractivity contribution in [3.8, 4) is 11.1 Å². The van der Waals surface area contributed by atoms with Crippen molar-refractivity contribution in [2.24, 2.45) is 0 Å². The van der Waals surface area contributed by atoms with Crippen molar-refractivity contribution in [2.75, 3.05) is 6.67 Å². The smallest absolute Gasteiger partial charge is 0.262 e. The maximum atomic E-state index is 13.1. The molecule has 0 radical (unpaired) electrons. The summed E-state index contributed by atoms with van der Waals surface area (Å²) in [6, 6.07) is 8.42. The molecule has 1 aromatic carbocycles. The quantitative estimate of drug-likeness (QED) is 0.626. The van der Waals surface area contributed by atoms with Gasteiger partial charge in [-0.2, -0.15) is 0 Å². The Kier molecular flexibility index (Phi) is 5.02. The molecule has 0 bridgehead atoms. The van der Waals surface area contributed by atoms with Crippen LogP contribution in [0.2, 0.25) is 0 Å². The predicted molar refractivity (Wildman–Crippen MR) is 108 cm³/mol. The predicted octanol–water partition coefficient (Wildman–Crippen LogP) is 5.26. The summed E-state index contributed by atoms with van der Waals surface area (Å²) >= 11 is 1.57. The molecule has 2 heterocycles. The van der Waals surface area contributed by atoms with Gasteiger partial charge in [0.05, 0.1) is 11.9 Å². The van der Waals surface area contributed by atoms with Crippen molar-refractivity contribution in [2.45, 2.75) is 53.0 Å². The summed E-state index contributed by atoms with van der Waals surface area (Å²) in [5.74, 6) is 0.568. The van der Waals surface area contributed by atoms with Crippen LogP contribution in [0.5, 0.6) is 0 Å². The van der Waals surface area contributed by atoms with Gasteiger partial charge in [0.25, 0.3) is 5.56 Å². The number of aromatic nitrogens is 2. The first-order chi connectivity index (χ1) is 12.3. The third-order valence-electron chi connectivity index (χ3n) is 4.74. The number of hydrogen-bond acceptors (Lipinski definition) is 3. The van der Waals surface area contributed by atoms with Gasteiger partial charge < -0.3 is 0 Å². The fraction of sp³-hybridized carbons (Fsp3) is 0.429. The van der Waals surface area contributed by atoms with Crippen molar-refractivity contribution in [3.63, 3.8) is 0 Å². The number of halogens is 1. The number of benzene rings is 1. The van der Waals surface area contributed by atoms with E-state index in [9.17, 15) is 9.18 Å². The molecule has 5 heteroatoms. The molecule has 3 aromatic rings. The monoisotopic (exact) mass is 372 g/mol. The van der Waals surface area contributed by atoms with Gasteiger partial charge in [-0.3, -0.25) is 9.36 Å². The average molecular weight is 373 g/mol. The summed E-state index contributed by atoms with van der Waals surface area (Å²) in [7, 11) is 0. The summed E-state index contributed by atoms with van der Waals surface area (Å²) in [5.41, 5.74) is 3.17. The molecule has 0 saturated heterocycles. The first kappa shape index (κ1) is 18.8. The Morgan fingerprint density at radius 2 is 1.85 bits per heavy atom. The fourth-order valence-electron chi connectivity index (χ4n) is 3.27. The van der Waals surface area contributed by atoms with Gasteiger partial charge in [0.1, 0.15) is 17.3 Å². The van der Waals surface area contributed by atoms with E-state index in [0.29, 0.717) is 11.2 Å². The van der Waals surface area contributed by atoms with Crippen LogP contribution in [0.1, 0.15) is 44.0 Å². The molecule has 0 spiro atoms. The number of aryl methyl sites for hydroxylation is 2. The van der Waals surface area contributed by atoms with E-state index in [2.05, 4.69) is 56.9 Å². The molecular formula is C21H25FN2OS. The third kappa shape index (κ3) is 3.20. The van der Waals surface area contributed by atoms with Crippen LogP contribution in [0.3, 0.4) is 0 Å². The lowest BCUT2D eigenvalue weighted by atomic mass is 9.86. The van der Waals surface area contributed by atoms with E-state index in [0.717, 1.165) is 27.3 Å². The maximum absolute atomic E-state index is 13.1. The van der Waals surface area contributed by atoms with Crippen molar-refractivity contribution < 1.29 is 4.39 Å². The molecule has 0 aliphatic heterocycles. The van der Waals surface area contributed by atoms with Crippen LogP contribution in [0.4, 0.5) is 4.39 Å². The Hall–Kier alpha value is -2.01. The minimum atomic E-state index is -0.575. The van der Waals surface area contributed by atoms with E-state index in [4.69, 9.17) is 0 Å². The average Bonchev–Trinajstić information content (AvgIpc) is 2.96. The summed E-state index contributed by atoms with van der Waals surface area (Å²) in [6.45, 7) is 9.87. The van der Waals surface area contributed by atoms with Gasteiger partial charge in [-0.1, -0.05) is 52.0 Å². The zero-order chi connectivity index (χ0) is 19.1. The highest BCUT2D eigenvalue weighted by molar-refractivity contribution is 7.19. The second kappa shape index (κ2) is 6.95. The molecule has 26 heavy (non-hydrogen) atoms. The molecule has 2 aromatic heterocycles. The van der Waals surface area contributed by atoms with Crippen LogP contribution >= 0.6 is 11.3 Å². The summed E-state index contributed by atoms with van der Waals surface area (Å²) in [4.78, 5) is 19.5. The molecule has 138 valence electrons. The number of alkyl halides is 1. The van der Waals surface area contributed by atoms with Crippen LogP contribution in [-0.2, 0) is 18.4 Å².